The van der Waals surface area contributed by atoms with Crippen LogP contribution in [0.4, 0.5) is 5.69 Å². The Morgan fingerprint density at radius 2 is 1.96 bits per heavy atom. The molecule has 2 aromatic rings. The Labute approximate surface area is 146 Å². The molecule has 0 unspecified atom stereocenters. The van der Waals surface area contributed by atoms with Crippen molar-refractivity contribution < 1.29 is 9.53 Å². The fourth-order valence-corrected chi connectivity index (χ4v) is 2.38. The molecule has 0 spiro atoms. The van der Waals surface area contributed by atoms with Crippen molar-refractivity contribution in [2.24, 2.45) is 5.92 Å². The summed E-state index contributed by atoms with van der Waals surface area (Å²) in [6.45, 7) is 4.91. The molecule has 0 atom stereocenters. The zero-order chi connectivity index (χ0) is 16.8. The van der Waals surface area contributed by atoms with Crippen molar-refractivity contribution in [3.05, 3.63) is 58.1 Å². The van der Waals surface area contributed by atoms with Crippen LogP contribution in [0.25, 0.3) is 0 Å². The van der Waals surface area contributed by atoms with Gasteiger partial charge in [-0.05, 0) is 48.7 Å². The Bertz CT molecular complexity index is 686. The number of ether oxygens (including phenoxy) is 1. The molecule has 0 aliphatic heterocycles. The van der Waals surface area contributed by atoms with Crippen LogP contribution in [0.1, 0.15) is 30.6 Å². The Morgan fingerprint density at radius 3 is 2.65 bits per heavy atom. The Hall–Kier alpha value is -1.71. The van der Waals surface area contributed by atoms with Crippen LogP contribution in [0.5, 0.6) is 5.75 Å². The number of anilines is 1. The second-order valence-electron chi connectivity index (χ2n) is 5.64. The smallest absolute Gasteiger partial charge is 0.255 e. The van der Waals surface area contributed by atoms with Crippen LogP contribution in [0.15, 0.2) is 42.5 Å². The number of benzene rings is 2. The van der Waals surface area contributed by atoms with E-state index in [2.05, 4.69) is 19.2 Å². The minimum absolute atomic E-state index is 0.247. The van der Waals surface area contributed by atoms with E-state index in [0.29, 0.717) is 39.6 Å². The third kappa shape index (κ3) is 5.45. The Kier molecular flexibility index (Phi) is 6.31. The molecule has 0 radical (unpaired) electrons. The highest BCUT2D eigenvalue weighted by Crippen LogP contribution is 2.26. The molecule has 0 aliphatic carbocycles. The summed E-state index contributed by atoms with van der Waals surface area (Å²) < 4.78 is 5.67. The van der Waals surface area contributed by atoms with Crippen LogP contribution >= 0.6 is 23.2 Å². The second kappa shape index (κ2) is 8.23. The average Bonchev–Trinajstić information content (AvgIpc) is 2.50. The lowest BCUT2D eigenvalue weighted by Gasteiger charge is -2.10. The summed E-state index contributed by atoms with van der Waals surface area (Å²) in [6.07, 6.45) is 0.969. The van der Waals surface area contributed by atoms with Gasteiger partial charge in [0.05, 0.1) is 17.3 Å². The van der Waals surface area contributed by atoms with Crippen molar-refractivity contribution in [3.63, 3.8) is 0 Å². The molecule has 0 bridgehead atoms. The van der Waals surface area contributed by atoms with Crippen LogP contribution in [0, 0.1) is 5.92 Å². The van der Waals surface area contributed by atoms with E-state index < -0.39 is 0 Å². The molecule has 0 saturated heterocycles. The van der Waals surface area contributed by atoms with E-state index in [1.54, 1.807) is 36.4 Å². The molecule has 0 aromatic heterocycles. The van der Waals surface area contributed by atoms with Gasteiger partial charge >= 0.3 is 0 Å². The zero-order valence-electron chi connectivity index (χ0n) is 13.1. The summed E-state index contributed by atoms with van der Waals surface area (Å²) in [5, 5.41) is 3.69. The number of nitrogens with one attached hydrogen (secondary N) is 1. The molecule has 3 nitrogen and oxygen atoms in total. The van der Waals surface area contributed by atoms with Gasteiger partial charge in [-0.2, -0.15) is 0 Å². The molecule has 1 N–H and O–H groups in total. The van der Waals surface area contributed by atoms with Crippen molar-refractivity contribution in [3.8, 4) is 5.75 Å². The van der Waals surface area contributed by atoms with Gasteiger partial charge in [0, 0.05) is 10.6 Å². The fraction of sp³-hybridized carbons (Fsp3) is 0.278. The van der Waals surface area contributed by atoms with Crippen molar-refractivity contribution in [1.82, 2.24) is 0 Å². The molecule has 1 amide bonds. The predicted octanol–water partition coefficient (Wildman–Crippen LogP) is 5.67. The quantitative estimate of drug-likeness (QED) is 0.727. The lowest BCUT2D eigenvalue weighted by Crippen LogP contribution is -2.12. The molecular formula is C18H19Cl2NO2. The third-order valence-electron chi connectivity index (χ3n) is 3.24. The van der Waals surface area contributed by atoms with Gasteiger partial charge in [-0.15, -0.1) is 0 Å². The summed E-state index contributed by atoms with van der Waals surface area (Å²) in [4.78, 5) is 12.3. The van der Waals surface area contributed by atoms with E-state index >= 15 is 0 Å². The molecule has 122 valence electrons. The highest BCUT2D eigenvalue weighted by Gasteiger charge is 2.10. The van der Waals surface area contributed by atoms with Crippen molar-refractivity contribution in [2.45, 2.75) is 20.3 Å². The maximum atomic E-state index is 12.3. The minimum atomic E-state index is -0.247. The summed E-state index contributed by atoms with van der Waals surface area (Å²) >= 11 is 11.9. The number of halogens is 2. The van der Waals surface area contributed by atoms with Crippen molar-refractivity contribution in [1.29, 1.82) is 0 Å². The monoisotopic (exact) mass is 351 g/mol. The molecule has 0 heterocycles. The number of rotatable bonds is 6. The first-order valence-electron chi connectivity index (χ1n) is 7.45. The van der Waals surface area contributed by atoms with Crippen LogP contribution < -0.4 is 10.1 Å². The van der Waals surface area contributed by atoms with E-state index in [1.807, 2.05) is 6.07 Å². The fourth-order valence-electron chi connectivity index (χ4n) is 1.92. The molecule has 2 rings (SSSR count). The Morgan fingerprint density at radius 1 is 1.17 bits per heavy atom. The van der Waals surface area contributed by atoms with Crippen molar-refractivity contribution in [2.75, 3.05) is 11.9 Å². The van der Waals surface area contributed by atoms with Gasteiger partial charge in [0.15, 0.2) is 0 Å². The van der Waals surface area contributed by atoms with Crippen LogP contribution in [0.3, 0.4) is 0 Å². The van der Waals surface area contributed by atoms with E-state index in [1.165, 1.54) is 0 Å². The van der Waals surface area contributed by atoms with Gasteiger partial charge in [-0.3, -0.25) is 4.79 Å². The summed E-state index contributed by atoms with van der Waals surface area (Å²) in [7, 11) is 0. The molecule has 0 saturated carbocycles. The average molecular weight is 352 g/mol. The molecule has 2 aromatic carbocycles. The number of hydrogen-bond donors (Lipinski definition) is 1. The number of carbonyl (C=O) groups is 1. The van der Waals surface area contributed by atoms with E-state index in [9.17, 15) is 4.79 Å². The minimum Gasteiger partial charge on any atom is -0.494 e. The molecule has 5 heteroatoms. The van der Waals surface area contributed by atoms with Crippen LogP contribution in [-0.2, 0) is 0 Å². The summed E-state index contributed by atoms with van der Waals surface area (Å²) in [5.41, 5.74) is 1.03. The first-order valence-corrected chi connectivity index (χ1v) is 8.20. The maximum absolute atomic E-state index is 12.3. The topological polar surface area (TPSA) is 38.3 Å². The Balaban J connectivity index is 2.04. The molecular weight excluding hydrogens is 333 g/mol. The van der Waals surface area contributed by atoms with Gasteiger partial charge in [-0.1, -0.05) is 43.1 Å². The van der Waals surface area contributed by atoms with Gasteiger partial charge < -0.3 is 10.1 Å². The second-order valence-corrected chi connectivity index (χ2v) is 6.48. The maximum Gasteiger partial charge on any atom is 0.255 e. The standard InChI is InChI=1S/C18H19Cl2NO2/c1-12(2)8-9-23-15-5-3-4-13(10-15)18(22)21-17-7-6-14(19)11-16(17)20/h3-7,10-12H,8-9H2,1-2H3,(H,21,22). The first kappa shape index (κ1) is 17.6. The van der Waals surface area contributed by atoms with Gasteiger partial charge in [0.1, 0.15) is 5.75 Å². The van der Waals surface area contributed by atoms with Gasteiger partial charge in [0.25, 0.3) is 5.91 Å². The van der Waals surface area contributed by atoms with Crippen LogP contribution in [0.2, 0.25) is 10.0 Å². The van der Waals surface area contributed by atoms with Gasteiger partial charge in [-0.25, -0.2) is 0 Å². The highest BCUT2D eigenvalue weighted by molar-refractivity contribution is 6.36. The molecule has 0 fully saturated rings. The van der Waals surface area contributed by atoms with Crippen molar-refractivity contribution >= 4 is 34.8 Å². The molecule has 0 aliphatic rings. The third-order valence-corrected chi connectivity index (χ3v) is 3.79. The lowest BCUT2D eigenvalue weighted by molar-refractivity contribution is 0.102. The lowest BCUT2D eigenvalue weighted by atomic mass is 10.1. The van der Waals surface area contributed by atoms with Gasteiger partial charge in [0.2, 0.25) is 0 Å². The number of carbonyl (C=O) groups excluding carboxylic acids is 1. The van der Waals surface area contributed by atoms with Crippen LogP contribution in [-0.4, -0.2) is 12.5 Å². The number of amides is 1. The predicted molar refractivity (Wildman–Crippen MR) is 95.8 cm³/mol. The zero-order valence-corrected chi connectivity index (χ0v) is 14.6. The van der Waals surface area contributed by atoms with E-state index in [-0.39, 0.29) is 5.91 Å². The highest BCUT2D eigenvalue weighted by atomic mass is 35.5. The number of hydrogen-bond acceptors (Lipinski definition) is 2. The normalized spacial score (nSPS) is 10.7. The first-order chi connectivity index (χ1) is 11.0. The largest absolute Gasteiger partial charge is 0.494 e. The summed E-state index contributed by atoms with van der Waals surface area (Å²) in [5.74, 6) is 1.01. The SMILES string of the molecule is CC(C)CCOc1cccc(C(=O)Nc2ccc(Cl)cc2Cl)c1. The summed E-state index contributed by atoms with van der Waals surface area (Å²) in [6, 6.07) is 12.0. The van der Waals surface area contributed by atoms with E-state index in [4.69, 9.17) is 27.9 Å². The van der Waals surface area contributed by atoms with E-state index in [0.717, 1.165) is 6.42 Å². The molecule has 23 heavy (non-hydrogen) atoms.